The van der Waals surface area contributed by atoms with Crippen LogP contribution in [-0.4, -0.2) is 34.2 Å². The zero-order valence-corrected chi connectivity index (χ0v) is 8.78. The summed E-state index contributed by atoms with van der Waals surface area (Å²) in [5.41, 5.74) is 1.99. The van der Waals surface area contributed by atoms with Crippen molar-refractivity contribution >= 4 is 0 Å². The van der Waals surface area contributed by atoms with Gasteiger partial charge in [0, 0.05) is 18.3 Å². The summed E-state index contributed by atoms with van der Waals surface area (Å²) in [6, 6.07) is 0. The van der Waals surface area contributed by atoms with E-state index in [2.05, 4.69) is 4.98 Å². The Labute approximate surface area is 83.8 Å². The van der Waals surface area contributed by atoms with Gasteiger partial charge < -0.3 is 15.1 Å². The Hall–Kier alpha value is -1.13. The van der Waals surface area contributed by atoms with Gasteiger partial charge in [0.2, 0.25) is 0 Å². The molecule has 1 rings (SSSR count). The first-order chi connectivity index (χ1) is 6.56. The molecule has 0 aliphatic rings. The van der Waals surface area contributed by atoms with Gasteiger partial charge in [-0.2, -0.15) is 0 Å². The van der Waals surface area contributed by atoms with Crippen molar-refractivity contribution in [2.45, 2.75) is 20.1 Å². The molecule has 0 fully saturated rings. The summed E-state index contributed by atoms with van der Waals surface area (Å²) in [7, 11) is 3.86. The first kappa shape index (κ1) is 10.9. The standard InChI is InChI=1S/C10H16N2O2/c1-7-10(14)9(6-13)8(4-11-7)5-12(2)3/h4,13-14H,5-6H2,1-3H3. The Morgan fingerprint density at radius 1 is 1.43 bits per heavy atom. The second-order valence-corrected chi connectivity index (χ2v) is 3.59. The number of aliphatic hydroxyl groups excluding tert-OH is 1. The molecule has 0 amide bonds. The molecular weight excluding hydrogens is 180 g/mol. The van der Waals surface area contributed by atoms with Gasteiger partial charge in [-0.3, -0.25) is 4.98 Å². The van der Waals surface area contributed by atoms with Crippen molar-refractivity contribution in [1.82, 2.24) is 9.88 Å². The van der Waals surface area contributed by atoms with E-state index in [9.17, 15) is 5.11 Å². The summed E-state index contributed by atoms with van der Waals surface area (Å²) in [5, 5.41) is 18.8. The Morgan fingerprint density at radius 3 is 2.57 bits per heavy atom. The van der Waals surface area contributed by atoms with E-state index in [1.54, 1.807) is 13.1 Å². The fourth-order valence-electron chi connectivity index (χ4n) is 1.34. The van der Waals surface area contributed by atoms with E-state index in [0.29, 0.717) is 17.8 Å². The number of hydrogen-bond donors (Lipinski definition) is 2. The number of aromatic hydroxyl groups is 1. The lowest BCUT2D eigenvalue weighted by molar-refractivity contribution is 0.270. The van der Waals surface area contributed by atoms with Gasteiger partial charge in [-0.05, 0) is 26.6 Å². The molecule has 14 heavy (non-hydrogen) atoms. The van der Waals surface area contributed by atoms with Crippen molar-refractivity contribution < 1.29 is 10.2 Å². The molecular formula is C10H16N2O2. The molecule has 0 saturated carbocycles. The van der Waals surface area contributed by atoms with Crippen LogP contribution in [0.15, 0.2) is 6.20 Å². The number of hydrogen-bond acceptors (Lipinski definition) is 4. The van der Waals surface area contributed by atoms with Gasteiger partial charge in [-0.1, -0.05) is 0 Å². The molecule has 2 N–H and O–H groups in total. The van der Waals surface area contributed by atoms with Crippen LogP contribution in [0.3, 0.4) is 0 Å². The summed E-state index contributed by atoms with van der Waals surface area (Å²) >= 11 is 0. The van der Waals surface area contributed by atoms with Crippen LogP contribution in [0.2, 0.25) is 0 Å². The minimum Gasteiger partial charge on any atom is -0.506 e. The number of aryl methyl sites for hydroxylation is 1. The van der Waals surface area contributed by atoms with Crippen molar-refractivity contribution in [1.29, 1.82) is 0 Å². The molecule has 0 aliphatic heterocycles. The number of aliphatic hydroxyl groups is 1. The first-order valence-corrected chi connectivity index (χ1v) is 4.48. The van der Waals surface area contributed by atoms with Crippen molar-refractivity contribution in [3.05, 3.63) is 23.0 Å². The third-order valence-corrected chi connectivity index (χ3v) is 2.07. The summed E-state index contributed by atoms with van der Waals surface area (Å²) in [6.45, 7) is 2.23. The Kier molecular flexibility index (Phi) is 3.43. The Balaban J connectivity index is 3.10. The Morgan fingerprint density at radius 2 is 2.07 bits per heavy atom. The minimum absolute atomic E-state index is 0.104. The first-order valence-electron chi connectivity index (χ1n) is 4.48. The maximum atomic E-state index is 9.65. The third-order valence-electron chi connectivity index (χ3n) is 2.07. The van der Waals surface area contributed by atoms with Crippen LogP contribution in [0.25, 0.3) is 0 Å². The SMILES string of the molecule is Cc1ncc(CN(C)C)c(CO)c1O. The highest BCUT2D eigenvalue weighted by Crippen LogP contribution is 2.24. The highest BCUT2D eigenvalue weighted by atomic mass is 16.3. The van der Waals surface area contributed by atoms with Crippen LogP contribution in [-0.2, 0) is 13.2 Å². The van der Waals surface area contributed by atoms with Gasteiger partial charge in [0.15, 0.2) is 0 Å². The van der Waals surface area contributed by atoms with Crippen LogP contribution < -0.4 is 0 Å². The van der Waals surface area contributed by atoms with E-state index in [-0.39, 0.29) is 12.4 Å². The number of rotatable bonds is 3. The van der Waals surface area contributed by atoms with Crippen molar-refractivity contribution in [3.8, 4) is 5.75 Å². The number of aromatic nitrogens is 1. The van der Waals surface area contributed by atoms with Gasteiger partial charge in [0.25, 0.3) is 0 Å². The van der Waals surface area contributed by atoms with E-state index >= 15 is 0 Å². The highest BCUT2D eigenvalue weighted by Gasteiger charge is 2.10. The monoisotopic (exact) mass is 196 g/mol. The van der Waals surface area contributed by atoms with Crippen LogP contribution in [0, 0.1) is 6.92 Å². The van der Waals surface area contributed by atoms with Gasteiger partial charge >= 0.3 is 0 Å². The molecule has 1 heterocycles. The zero-order valence-electron chi connectivity index (χ0n) is 8.78. The molecule has 0 unspecified atom stereocenters. The molecule has 1 aromatic rings. The molecule has 1 aromatic heterocycles. The highest BCUT2D eigenvalue weighted by molar-refractivity contribution is 5.40. The van der Waals surface area contributed by atoms with Gasteiger partial charge in [0.1, 0.15) is 5.75 Å². The zero-order chi connectivity index (χ0) is 10.7. The maximum Gasteiger partial charge on any atom is 0.142 e. The topological polar surface area (TPSA) is 56.6 Å². The van der Waals surface area contributed by atoms with Crippen molar-refractivity contribution in [3.63, 3.8) is 0 Å². The molecule has 0 saturated heterocycles. The normalized spacial score (nSPS) is 10.9. The minimum atomic E-state index is -0.154. The van der Waals surface area contributed by atoms with Gasteiger partial charge in [0.05, 0.1) is 12.3 Å². The molecule has 4 heteroatoms. The number of pyridine rings is 1. The Bertz CT molecular complexity index is 324. The van der Waals surface area contributed by atoms with Gasteiger partial charge in [-0.25, -0.2) is 0 Å². The fraction of sp³-hybridized carbons (Fsp3) is 0.500. The molecule has 0 aliphatic carbocycles. The summed E-state index contributed by atoms with van der Waals surface area (Å²) < 4.78 is 0. The molecule has 0 bridgehead atoms. The predicted octanol–water partition coefficient (Wildman–Crippen LogP) is 0.650. The maximum absolute atomic E-state index is 9.65. The lowest BCUT2D eigenvalue weighted by Crippen LogP contribution is -2.13. The summed E-state index contributed by atoms with van der Waals surface area (Å²) in [5.74, 6) is 0.104. The van der Waals surface area contributed by atoms with Crippen LogP contribution in [0.1, 0.15) is 16.8 Å². The molecule has 0 radical (unpaired) electrons. The summed E-state index contributed by atoms with van der Waals surface area (Å²) in [4.78, 5) is 6.02. The molecule has 0 atom stereocenters. The average Bonchev–Trinajstić information content (AvgIpc) is 2.11. The summed E-state index contributed by atoms with van der Waals surface area (Å²) in [6.07, 6.45) is 1.70. The average molecular weight is 196 g/mol. The molecule has 0 aromatic carbocycles. The van der Waals surface area contributed by atoms with E-state index in [1.807, 2.05) is 19.0 Å². The van der Waals surface area contributed by atoms with Gasteiger partial charge in [-0.15, -0.1) is 0 Å². The smallest absolute Gasteiger partial charge is 0.142 e. The second-order valence-electron chi connectivity index (χ2n) is 3.59. The largest absolute Gasteiger partial charge is 0.506 e. The van der Waals surface area contributed by atoms with E-state index in [4.69, 9.17) is 5.11 Å². The lowest BCUT2D eigenvalue weighted by Gasteiger charge is -2.14. The van der Waals surface area contributed by atoms with Crippen molar-refractivity contribution in [2.24, 2.45) is 0 Å². The number of nitrogens with zero attached hydrogens (tertiary/aromatic N) is 2. The lowest BCUT2D eigenvalue weighted by atomic mass is 10.1. The van der Waals surface area contributed by atoms with E-state index < -0.39 is 0 Å². The predicted molar refractivity (Wildman–Crippen MR) is 54.0 cm³/mol. The quantitative estimate of drug-likeness (QED) is 0.745. The molecule has 4 nitrogen and oxygen atoms in total. The van der Waals surface area contributed by atoms with Crippen LogP contribution in [0.5, 0.6) is 5.75 Å². The van der Waals surface area contributed by atoms with Crippen LogP contribution >= 0.6 is 0 Å². The third kappa shape index (κ3) is 2.21. The van der Waals surface area contributed by atoms with Crippen LogP contribution in [0.4, 0.5) is 0 Å². The van der Waals surface area contributed by atoms with E-state index in [0.717, 1.165) is 5.56 Å². The van der Waals surface area contributed by atoms with Crippen molar-refractivity contribution in [2.75, 3.05) is 14.1 Å². The van der Waals surface area contributed by atoms with E-state index in [1.165, 1.54) is 0 Å². The second kappa shape index (κ2) is 4.39. The molecule has 0 spiro atoms. The fourth-order valence-corrected chi connectivity index (χ4v) is 1.34. The molecule has 78 valence electrons.